The molecule has 3 aromatic rings. The SMILES string of the molecule is Cc1cccc(C)c1NC(=O)c1cccc(C(=O)NCc2cccnc2)c1. The Morgan fingerprint density at radius 3 is 2.22 bits per heavy atom. The number of para-hydroxylation sites is 1. The predicted octanol–water partition coefficient (Wildman–Crippen LogP) is 3.88. The number of hydrogen-bond donors (Lipinski definition) is 2. The summed E-state index contributed by atoms with van der Waals surface area (Å²) in [5.74, 6) is -0.477. The van der Waals surface area contributed by atoms with Gasteiger partial charge in [0.15, 0.2) is 0 Å². The third kappa shape index (κ3) is 4.58. The molecule has 0 saturated carbocycles. The van der Waals surface area contributed by atoms with Gasteiger partial charge in [0, 0.05) is 35.8 Å². The molecule has 5 nitrogen and oxygen atoms in total. The number of aromatic nitrogens is 1. The number of rotatable bonds is 5. The third-order valence-corrected chi connectivity index (χ3v) is 4.28. The van der Waals surface area contributed by atoms with Crippen LogP contribution in [0.4, 0.5) is 5.69 Å². The summed E-state index contributed by atoms with van der Waals surface area (Å²) in [4.78, 5) is 29.0. The van der Waals surface area contributed by atoms with Crippen molar-refractivity contribution in [2.24, 2.45) is 0 Å². The summed E-state index contributed by atoms with van der Waals surface area (Å²) in [6.45, 7) is 4.28. The molecule has 0 saturated heterocycles. The molecule has 0 atom stereocenters. The maximum Gasteiger partial charge on any atom is 0.255 e. The first kappa shape index (κ1) is 18.3. The van der Waals surface area contributed by atoms with E-state index in [0.29, 0.717) is 17.7 Å². The largest absolute Gasteiger partial charge is 0.348 e. The summed E-state index contributed by atoms with van der Waals surface area (Å²) in [5.41, 5.74) is 4.57. The highest BCUT2D eigenvalue weighted by Gasteiger charge is 2.12. The monoisotopic (exact) mass is 359 g/mol. The van der Waals surface area contributed by atoms with Crippen molar-refractivity contribution in [3.8, 4) is 0 Å². The molecular weight excluding hydrogens is 338 g/mol. The van der Waals surface area contributed by atoms with Crippen molar-refractivity contribution in [3.63, 3.8) is 0 Å². The first-order valence-electron chi connectivity index (χ1n) is 8.69. The Morgan fingerprint density at radius 1 is 0.889 bits per heavy atom. The van der Waals surface area contributed by atoms with Gasteiger partial charge in [-0.15, -0.1) is 0 Å². The topological polar surface area (TPSA) is 71.1 Å². The molecule has 2 aromatic carbocycles. The number of aryl methyl sites for hydroxylation is 2. The minimum atomic E-state index is -0.241. The molecule has 1 heterocycles. The third-order valence-electron chi connectivity index (χ3n) is 4.28. The number of hydrogen-bond acceptors (Lipinski definition) is 3. The summed E-state index contributed by atoms with van der Waals surface area (Å²) in [5, 5.41) is 5.78. The van der Waals surface area contributed by atoms with Gasteiger partial charge >= 0.3 is 0 Å². The van der Waals surface area contributed by atoms with E-state index in [1.807, 2.05) is 44.2 Å². The summed E-state index contributed by atoms with van der Waals surface area (Å²) in [6, 6.07) is 16.3. The number of amides is 2. The molecule has 0 radical (unpaired) electrons. The van der Waals surface area contributed by atoms with Gasteiger partial charge in [-0.25, -0.2) is 0 Å². The number of nitrogens with zero attached hydrogens (tertiary/aromatic N) is 1. The van der Waals surface area contributed by atoms with Gasteiger partial charge in [0.25, 0.3) is 11.8 Å². The Morgan fingerprint density at radius 2 is 1.56 bits per heavy atom. The van der Waals surface area contributed by atoms with Crippen molar-refractivity contribution >= 4 is 17.5 Å². The number of nitrogens with one attached hydrogen (secondary N) is 2. The lowest BCUT2D eigenvalue weighted by Gasteiger charge is -2.12. The minimum Gasteiger partial charge on any atom is -0.348 e. The van der Waals surface area contributed by atoms with Gasteiger partial charge in [-0.05, 0) is 54.8 Å². The van der Waals surface area contributed by atoms with Gasteiger partial charge < -0.3 is 10.6 Å². The Balaban J connectivity index is 1.71. The van der Waals surface area contributed by atoms with Gasteiger partial charge in [-0.3, -0.25) is 14.6 Å². The molecule has 27 heavy (non-hydrogen) atoms. The maximum absolute atomic E-state index is 12.6. The first-order valence-corrected chi connectivity index (χ1v) is 8.69. The Labute approximate surface area is 158 Å². The van der Waals surface area contributed by atoms with Crippen LogP contribution in [0.25, 0.3) is 0 Å². The summed E-state index contributed by atoms with van der Waals surface area (Å²) >= 11 is 0. The zero-order chi connectivity index (χ0) is 19.2. The second-order valence-corrected chi connectivity index (χ2v) is 6.35. The smallest absolute Gasteiger partial charge is 0.255 e. The van der Waals surface area contributed by atoms with Crippen molar-refractivity contribution in [2.75, 3.05) is 5.32 Å². The van der Waals surface area contributed by atoms with Crippen LogP contribution in [-0.2, 0) is 6.54 Å². The van der Waals surface area contributed by atoms with E-state index in [0.717, 1.165) is 22.4 Å². The van der Waals surface area contributed by atoms with Crippen LogP contribution < -0.4 is 10.6 Å². The van der Waals surface area contributed by atoms with Crippen LogP contribution in [0.5, 0.6) is 0 Å². The molecule has 0 fully saturated rings. The zero-order valence-corrected chi connectivity index (χ0v) is 15.3. The second-order valence-electron chi connectivity index (χ2n) is 6.35. The van der Waals surface area contributed by atoms with Gasteiger partial charge in [0.1, 0.15) is 0 Å². The van der Waals surface area contributed by atoms with Crippen LogP contribution in [-0.4, -0.2) is 16.8 Å². The van der Waals surface area contributed by atoms with E-state index in [2.05, 4.69) is 15.6 Å². The van der Waals surface area contributed by atoms with Crippen molar-refractivity contribution in [3.05, 3.63) is 94.8 Å². The van der Waals surface area contributed by atoms with E-state index in [9.17, 15) is 9.59 Å². The molecule has 136 valence electrons. The van der Waals surface area contributed by atoms with Crippen LogP contribution in [0.1, 0.15) is 37.4 Å². The summed E-state index contributed by atoms with van der Waals surface area (Å²) in [7, 11) is 0. The molecule has 0 bridgehead atoms. The molecule has 0 spiro atoms. The molecule has 0 aliphatic rings. The lowest BCUT2D eigenvalue weighted by Crippen LogP contribution is -2.23. The molecule has 0 aliphatic carbocycles. The second kappa shape index (κ2) is 8.27. The number of pyridine rings is 1. The number of anilines is 1. The van der Waals surface area contributed by atoms with Crippen molar-refractivity contribution in [1.82, 2.24) is 10.3 Å². The van der Waals surface area contributed by atoms with Crippen molar-refractivity contribution in [1.29, 1.82) is 0 Å². The fourth-order valence-corrected chi connectivity index (χ4v) is 2.79. The molecule has 2 amide bonds. The summed E-state index contributed by atoms with van der Waals surface area (Å²) < 4.78 is 0. The lowest BCUT2D eigenvalue weighted by atomic mass is 10.1. The van der Waals surface area contributed by atoms with Crippen LogP contribution in [0.15, 0.2) is 67.0 Å². The van der Waals surface area contributed by atoms with E-state index in [1.165, 1.54) is 0 Å². The Bertz CT molecular complexity index is 948. The Kier molecular flexibility index (Phi) is 5.61. The van der Waals surface area contributed by atoms with Gasteiger partial charge in [0.05, 0.1) is 0 Å². The van der Waals surface area contributed by atoms with E-state index >= 15 is 0 Å². The first-order chi connectivity index (χ1) is 13.0. The number of carbonyl (C=O) groups excluding carboxylic acids is 2. The van der Waals surface area contributed by atoms with Crippen LogP contribution in [0, 0.1) is 13.8 Å². The molecule has 5 heteroatoms. The number of carbonyl (C=O) groups is 2. The van der Waals surface area contributed by atoms with E-state index in [-0.39, 0.29) is 11.8 Å². The standard InChI is InChI=1S/C22H21N3O2/c1-15-6-3-7-16(2)20(15)25-22(27)19-10-4-9-18(12-19)21(26)24-14-17-8-5-11-23-13-17/h3-13H,14H2,1-2H3,(H,24,26)(H,25,27). The average molecular weight is 359 g/mol. The van der Waals surface area contributed by atoms with E-state index in [1.54, 1.807) is 36.7 Å². The normalized spacial score (nSPS) is 10.3. The Hall–Kier alpha value is -3.47. The molecule has 0 aliphatic heterocycles. The van der Waals surface area contributed by atoms with Crippen LogP contribution in [0.3, 0.4) is 0 Å². The fraction of sp³-hybridized carbons (Fsp3) is 0.136. The fourth-order valence-electron chi connectivity index (χ4n) is 2.79. The van der Waals surface area contributed by atoms with Crippen LogP contribution in [0.2, 0.25) is 0 Å². The average Bonchev–Trinajstić information content (AvgIpc) is 2.70. The predicted molar refractivity (Wildman–Crippen MR) is 106 cm³/mol. The van der Waals surface area contributed by atoms with E-state index in [4.69, 9.17) is 0 Å². The minimum absolute atomic E-state index is 0.236. The van der Waals surface area contributed by atoms with Gasteiger partial charge in [-0.2, -0.15) is 0 Å². The highest BCUT2D eigenvalue weighted by molar-refractivity contribution is 6.06. The van der Waals surface area contributed by atoms with Gasteiger partial charge in [0.2, 0.25) is 0 Å². The van der Waals surface area contributed by atoms with Gasteiger partial charge in [-0.1, -0.05) is 30.3 Å². The zero-order valence-electron chi connectivity index (χ0n) is 15.3. The number of benzene rings is 2. The highest BCUT2D eigenvalue weighted by Crippen LogP contribution is 2.20. The molecule has 2 N–H and O–H groups in total. The molecule has 3 rings (SSSR count). The van der Waals surface area contributed by atoms with Crippen molar-refractivity contribution in [2.45, 2.75) is 20.4 Å². The lowest BCUT2D eigenvalue weighted by molar-refractivity contribution is 0.0951. The summed E-state index contributed by atoms with van der Waals surface area (Å²) in [6.07, 6.45) is 3.39. The highest BCUT2D eigenvalue weighted by atomic mass is 16.2. The van der Waals surface area contributed by atoms with Crippen molar-refractivity contribution < 1.29 is 9.59 Å². The molecule has 1 aromatic heterocycles. The van der Waals surface area contributed by atoms with Crippen LogP contribution >= 0.6 is 0 Å². The maximum atomic E-state index is 12.6. The molecular formula is C22H21N3O2. The quantitative estimate of drug-likeness (QED) is 0.726. The van der Waals surface area contributed by atoms with E-state index < -0.39 is 0 Å². The molecule has 0 unspecified atom stereocenters.